The van der Waals surface area contributed by atoms with Crippen LogP contribution in [0.3, 0.4) is 0 Å². The summed E-state index contributed by atoms with van der Waals surface area (Å²) < 4.78 is 13.4. The number of carbonyl (C=O) groups is 2. The molecule has 1 N–H and O–H groups in total. The molecule has 2 amide bonds. The van der Waals surface area contributed by atoms with Gasteiger partial charge in [-0.15, -0.1) is 0 Å². The van der Waals surface area contributed by atoms with Gasteiger partial charge in [0.15, 0.2) is 5.11 Å². The van der Waals surface area contributed by atoms with E-state index in [4.69, 9.17) is 12.2 Å². The molecule has 0 atom stereocenters. The summed E-state index contributed by atoms with van der Waals surface area (Å²) in [6, 6.07) is 7.26. The van der Waals surface area contributed by atoms with Crippen molar-refractivity contribution >= 4 is 52.2 Å². The molecule has 0 spiro atoms. The lowest BCUT2D eigenvalue weighted by molar-refractivity contribution is -0.122. The molecule has 0 aliphatic carbocycles. The van der Waals surface area contributed by atoms with Gasteiger partial charge in [-0.05, 0) is 58.9 Å². The molecule has 0 unspecified atom stereocenters. The number of amides is 2. The van der Waals surface area contributed by atoms with Crippen molar-refractivity contribution in [1.82, 2.24) is 5.32 Å². The summed E-state index contributed by atoms with van der Waals surface area (Å²) in [5, 5.41) is 6.04. The maximum atomic E-state index is 13.4. The van der Waals surface area contributed by atoms with E-state index in [1.165, 1.54) is 35.6 Å². The highest BCUT2D eigenvalue weighted by molar-refractivity contribution is 7.80. The van der Waals surface area contributed by atoms with E-state index < -0.39 is 17.6 Å². The lowest BCUT2D eigenvalue weighted by Gasteiger charge is -2.28. The summed E-state index contributed by atoms with van der Waals surface area (Å²) in [6.45, 7) is 0. The molecule has 0 saturated carbocycles. The number of hydrogen-bond acceptors (Lipinski definition) is 4. The van der Waals surface area contributed by atoms with Crippen molar-refractivity contribution in [3.8, 4) is 0 Å². The van der Waals surface area contributed by atoms with Crippen molar-refractivity contribution in [2.45, 2.75) is 0 Å². The fourth-order valence-electron chi connectivity index (χ4n) is 2.03. The summed E-state index contributed by atoms with van der Waals surface area (Å²) in [7, 11) is 0. The molecule has 22 heavy (non-hydrogen) atoms. The van der Waals surface area contributed by atoms with Gasteiger partial charge < -0.3 is 0 Å². The zero-order valence-corrected chi connectivity index (χ0v) is 12.7. The molecule has 110 valence electrons. The van der Waals surface area contributed by atoms with Crippen LogP contribution in [0.2, 0.25) is 0 Å². The Labute approximate surface area is 134 Å². The molecule has 4 nitrogen and oxygen atoms in total. The van der Waals surface area contributed by atoms with Crippen molar-refractivity contribution in [2.24, 2.45) is 0 Å². The van der Waals surface area contributed by atoms with Crippen LogP contribution in [0.5, 0.6) is 0 Å². The van der Waals surface area contributed by atoms with Crippen molar-refractivity contribution in [3.63, 3.8) is 0 Å². The van der Waals surface area contributed by atoms with Gasteiger partial charge in [0.2, 0.25) is 0 Å². The quantitative estimate of drug-likeness (QED) is 0.523. The number of rotatable bonds is 2. The first-order valence-electron chi connectivity index (χ1n) is 6.25. The van der Waals surface area contributed by atoms with Crippen LogP contribution in [0.4, 0.5) is 10.1 Å². The van der Waals surface area contributed by atoms with Gasteiger partial charge in [0.05, 0.1) is 5.69 Å². The minimum absolute atomic E-state index is 0.0451. The molecular weight excluding hydrogens is 323 g/mol. The highest BCUT2D eigenvalue weighted by Gasteiger charge is 2.34. The first-order valence-corrected chi connectivity index (χ1v) is 7.60. The molecule has 2 heterocycles. The third-order valence-electron chi connectivity index (χ3n) is 3.02. The van der Waals surface area contributed by atoms with Gasteiger partial charge in [-0.25, -0.2) is 4.39 Å². The Hall–Kier alpha value is -2.38. The van der Waals surface area contributed by atoms with Crippen LogP contribution in [0.25, 0.3) is 6.08 Å². The highest BCUT2D eigenvalue weighted by atomic mass is 32.1. The molecule has 2 aromatic rings. The van der Waals surface area contributed by atoms with E-state index in [0.717, 1.165) is 10.5 Å². The zero-order chi connectivity index (χ0) is 15.7. The van der Waals surface area contributed by atoms with E-state index >= 15 is 0 Å². The molecular formula is C15H9FN2O2S2. The molecule has 1 aromatic heterocycles. The third-order valence-corrected chi connectivity index (χ3v) is 4.01. The van der Waals surface area contributed by atoms with Crippen LogP contribution < -0.4 is 10.2 Å². The third kappa shape index (κ3) is 2.68. The van der Waals surface area contributed by atoms with Crippen LogP contribution >= 0.6 is 23.6 Å². The second kappa shape index (κ2) is 5.78. The van der Waals surface area contributed by atoms with Gasteiger partial charge in [0.1, 0.15) is 11.4 Å². The average Bonchev–Trinajstić information content (AvgIpc) is 2.96. The Morgan fingerprint density at radius 3 is 2.77 bits per heavy atom. The van der Waals surface area contributed by atoms with Crippen molar-refractivity contribution in [3.05, 3.63) is 58.0 Å². The Kier molecular flexibility index (Phi) is 3.82. The normalized spacial score (nSPS) is 17.0. The maximum Gasteiger partial charge on any atom is 0.270 e. The SMILES string of the molecule is O=C1NC(=S)N(c2cccc(F)c2)C(=O)/C1=C/c1ccsc1. The number of halogens is 1. The lowest BCUT2D eigenvalue weighted by atomic mass is 10.1. The predicted molar refractivity (Wildman–Crippen MR) is 86.9 cm³/mol. The second-order valence-electron chi connectivity index (χ2n) is 4.49. The van der Waals surface area contributed by atoms with E-state index in [1.54, 1.807) is 12.1 Å². The smallest absolute Gasteiger partial charge is 0.270 e. The summed E-state index contributed by atoms with van der Waals surface area (Å²) in [6.07, 6.45) is 1.49. The minimum Gasteiger partial charge on any atom is -0.298 e. The number of anilines is 1. The maximum absolute atomic E-state index is 13.4. The monoisotopic (exact) mass is 332 g/mol. The standard InChI is InChI=1S/C15H9FN2O2S2/c16-10-2-1-3-11(7-10)18-14(20)12(13(19)17-15(18)21)6-9-4-5-22-8-9/h1-8H,(H,17,19,21)/b12-6+. The molecule has 3 rings (SSSR count). The predicted octanol–water partition coefficient (Wildman–Crippen LogP) is 2.72. The summed E-state index contributed by atoms with van der Waals surface area (Å²) in [4.78, 5) is 25.7. The van der Waals surface area contributed by atoms with Crippen LogP contribution in [0.1, 0.15) is 5.56 Å². The minimum atomic E-state index is -0.578. The van der Waals surface area contributed by atoms with Crippen molar-refractivity contribution in [1.29, 1.82) is 0 Å². The van der Waals surface area contributed by atoms with E-state index in [1.807, 2.05) is 10.8 Å². The number of thiophene rings is 1. The number of thiocarbonyl (C=S) groups is 1. The number of nitrogens with zero attached hydrogens (tertiary/aromatic N) is 1. The van der Waals surface area contributed by atoms with Gasteiger partial charge in [-0.1, -0.05) is 6.07 Å². The molecule has 1 aromatic carbocycles. The van der Waals surface area contributed by atoms with Crippen molar-refractivity contribution in [2.75, 3.05) is 4.90 Å². The van der Waals surface area contributed by atoms with Crippen LogP contribution in [0.15, 0.2) is 46.7 Å². The Bertz CT molecular complexity index is 800. The van der Waals surface area contributed by atoms with Crippen LogP contribution in [0, 0.1) is 5.82 Å². The van der Waals surface area contributed by atoms with E-state index in [-0.39, 0.29) is 16.4 Å². The number of carbonyl (C=O) groups excluding carboxylic acids is 2. The Balaban J connectivity index is 2.03. The molecule has 1 fully saturated rings. The zero-order valence-electron chi connectivity index (χ0n) is 11.1. The van der Waals surface area contributed by atoms with Crippen molar-refractivity contribution < 1.29 is 14.0 Å². The molecule has 1 aliphatic rings. The number of hydrogen-bond donors (Lipinski definition) is 1. The highest BCUT2D eigenvalue weighted by Crippen LogP contribution is 2.23. The fraction of sp³-hybridized carbons (Fsp3) is 0. The molecule has 1 aliphatic heterocycles. The molecule has 7 heteroatoms. The molecule has 0 radical (unpaired) electrons. The van der Waals surface area contributed by atoms with Gasteiger partial charge in [-0.2, -0.15) is 11.3 Å². The van der Waals surface area contributed by atoms with Gasteiger partial charge in [0.25, 0.3) is 11.8 Å². The van der Waals surface area contributed by atoms with Gasteiger partial charge in [-0.3, -0.25) is 19.8 Å². The van der Waals surface area contributed by atoms with E-state index in [2.05, 4.69) is 5.32 Å². The second-order valence-corrected chi connectivity index (χ2v) is 5.66. The average molecular weight is 332 g/mol. The van der Waals surface area contributed by atoms with E-state index in [0.29, 0.717) is 0 Å². The Morgan fingerprint density at radius 2 is 2.09 bits per heavy atom. The molecule has 0 bridgehead atoms. The largest absolute Gasteiger partial charge is 0.298 e. The topological polar surface area (TPSA) is 49.4 Å². The lowest BCUT2D eigenvalue weighted by Crippen LogP contribution is -2.54. The van der Waals surface area contributed by atoms with E-state index in [9.17, 15) is 14.0 Å². The van der Waals surface area contributed by atoms with Gasteiger partial charge >= 0.3 is 0 Å². The summed E-state index contributed by atoms with van der Waals surface area (Å²) in [5.41, 5.74) is 0.970. The summed E-state index contributed by atoms with van der Waals surface area (Å²) >= 11 is 6.49. The first-order chi connectivity index (χ1) is 10.6. The van der Waals surface area contributed by atoms with Crippen LogP contribution in [-0.2, 0) is 9.59 Å². The number of benzene rings is 1. The molecule has 1 saturated heterocycles. The van der Waals surface area contributed by atoms with Crippen LogP contribution in [-0.4, -0.2) is 16.9 Å². The van der Waals surface area contributed by atoms with Gasteiger partial charge in [0, 0.05) is 0 Å². The first kappa shape index (κ1) is 14.6. The number of nitrogens with one attached hydrogen (secondary N) is 1. The fourth-order valence-corrected chi connectivity index (χ4v) is 2.93. The Morgan fingerprint density at radius 1 is 1.27 bits per heavy atom. The summed E-state index contributed by atoms with van der Waals surface area (Å²) in [5.74, 6) is -1.63.